The van der Waals surface area contributed by atoms with Crippen LogP contribution >= 0.6 is 0 Å². The minimum Gasteiger partial charge on any atom is -0.443 e. The van der Waals surface area contributed by atoms with Crippen LogP contribution in [-0.2, 0) is 9.59 Å². The van der Waals surface area contributed by atoms with Crippen molar-refractivity contribution < 1.29 is 14.0 Å². The Morgan fingerprint density at radius 2 is 1.74 bits per heavy atom. The molecular formula is C23H27N5O3. The molecule has 1 atom stereocenters. The van der Waals surface area contributed by atoms with E-state index < -0.39 is 0 Å². The van der Waals surface area contributed by atoms with Crippen LogP contribution in [-0.4, -0.2) is 34.9 Å². The molecule has 1 saturated heterocycles. The molecule has 1 aliphatic heterocycles. The molecule has 8 heteroatoms. The Morgan fingerprint density at radius 1 is 1.06 bits per heavy atom. The molecule has 3 heterocycles. The third kappa shape index (κ3) is 4.38. The summed E-state index contributed by atoms with van der Waals surface area (Å²) in [7, 11) is 0. The van der Waals surface area contributed by atoms with Gasteiger partial charge in [-0.1, -0.05) is 0 Å². The average molecular weight is 422 g/mol. The first-order valence-electron chi connectivity index (χ1n) is 10.5. The Labute approximate surface area is 181 Å². The summed E-state index contributed by atoms with van der Waals surface area (Å²) in [5.74, 6) is 2.04. The van der Waals surface area contributed by atoms with E-state index >= 15 is 0 Å². The zero-order valence-electron chi connectivity index (χ0n) is 18.3. The fourth-order valence-electron chi connectivity index (χ4n) is 4.03. The average Bonchev–Trinajstić information content (AvgIpc) is 3.02. The van der Waals surface area contributed by atoms with E-state index in [4.69, 9.17) is 9.40 Å². The predicted octanol–water partition coefficient (Wildman–Crippen LogP) is 3.96. The van der Waals surface area contributed by atoms with Crippen LogP contribution in [0.3, 0.4) is 0 Å². The molecule has 2 N–H and O–H groups in total. The first-order chi connectivity index (χ1) is 14.8. The first kappa shape index (κ1) is 20.8. The minimum absolute atomic E-state index is 0.0147. The maximum absolute atomic E-state index is 12.9. The molecule has 1 aliphatic rings. The quantitative estimate of drug-likeness (QED) is 0.661. The lowest BCUT2D eigenvalue weighted by molar-refractivity contribution is -0.120. The Morgan fingerprint density at radius 3 is 2.42 bits per heavy atom. The number of hydrogen-bond donors (Lipinski definition) is 2. The fourth-order valence-corrected chi connectivity index (χ4v) is 4.03. The van der Waals surface area contributed by atoms with Crippen molar-refractivity contribution in [1.29, 1.82) is 0 Å². The summed E-state index contributed by atoms with van der Waals surface area (Å²) in [5.41, 5.74) is 3.04. The van der Waals surface area contributed by atoms with Gasteiger partial charge in [-0.15, -0.1) is 0 Å². The lowest BCUT2D eigenvalue weighted by Gasteiger charge is -2.33. The number of aromatic nitrogens is 2. The number of fused-ring (bicyclic) bond motifs is 1. The second-order valence-corrected chi connectivity index (χ2v) is 8.09. The molecule has 1 aromatic carbocycles. The van der Waals surface area contributed by atoms with Crippen molar-refractivity contribution in [3.8, 4) is 0 Å². The second kappa shape index (κ2) is 8.37. The van der Waals surface area contributed by atoms with Gasteiger partial charge in [-0.25, -0.2) is 4.98 Å². The van der Waals surface area contributed by atoms with E-state index in [1.807, 2.05) is 20.8 Å². The number of furan rings is 1. The molecule has 0 radical (unpaired) electrons. The molecule has 0 saturated carbocycles. The lowest BCUT2D eigenvalue weighted by atomic mass is 9.96. The third-order valence-corrected chi connectivity index (χ3v) is 5.69. The molecule has 0 aliphatic carbocycles. The maximum Gasteiger partial charge on any atom is 0.231 e. The molecule has 31 heavy (non-hydrogen) atoms. The Balaban J connectivity index is 1.51. The van der Waals surface area contributed by atoms with Gasteiger partial charge in [0.1, 0.15) is 17.4 Å². The van der Waals surface area contributed by atoms with Crippen molar-refractivity contribution >= 4 is 40.1 Å². The number of piperidine rings is 1. The summed E-state index contributed by atoms with van der Waals surface area (Å²) in [6.07, 6.45) is 1.73. The van der Waals surface area contributed by atoms with E-state index in [9.17, 15) is 9.59 Å². The number of benzene rings is 1. The summed E-state index contributed by atoms with van der Waals surface area (Å²) in [5, 5.41) is 6.65. The number of nitrogens with one attached hydrogen (secondary N) is 2. The predicted molar refractivity (Wildman–Crippen MR) is 120 cm³/mol. The van der Waals surface area contributed by atoms with Gasteiger partial charge < -0.3 is 20.0 Å². The van der Waals surface area contributed by atoms with E-state index in [1.165, 1.54) is 6.92 Å². The third-order valence-electron chi connectivity index (χ3n) is 5.69. The largest absolute Gasteiger partial charge is 0.443 e. The Kier molecular flexibility index (Phi) is 5.63. The van der Waals surface area contributed by atoms with Crippen molar-refractivity contribution in [2.24, 2.45) is 5.92 Å². The van der Waals surface area contributed by atoms with Gasteiger partial charge in [-0.3, -0.25) is 9.59 Å². The molecular weight excluding hydrogens is 394 g/mol. The molecule has 1 unspecified atom stereocenters. The molecule has 3 aromatic rings. The number of amides is 2. The summed E-state index contributed by atoms with van der Waals surface area (Å²) < 4.78 is 5.81. The highest BCUT2D eigenvalue weighted by Gasteiger charge is 2.29. The van der Waals surface area contributed by atoms with Crippen LogP contribution in [0, 0.1) is 26.7 Å². The molecule has 2 aromatic heterocycles. The number of aryl methyl sites for hydroxylation is 3. The van der Waals surface area contributed by atoms with Crippen molar-refractivity contribution in [2.45, 2.75) is 40.5 Å². The molecule has 0 spiro atoms. The van der Waals surface area contributed by atoms with Crippen LogP contribution in [0.1, 0.15) is 36.9 Å². The van der Waals surface area contributed by atoms with Crippen LogP contribution in [0.25, 0.3) is 11.1 Å². The number of anilines is 3. The molecule has 4 rings (SSSR count). The molecule has 2 amide bonds. The number of carbonyl (C=O) groups is 2. The zero-order valence-corrected chi connectivity index (χ0v) is 18.3. The summed E-state index contributed by atoms with van der Waals surface area (Å²) in [6, 6.07) is 7.13. The number of nitrogens with zero attached hydrogens (tertiary/aromatic N) is 3. The van der Waals surface area contributed by atoms with Crippen LogP contribution < -0.4 is 15.5 Å². The molecule has 162 valence electrons. The SMILES string of the molecule is CC(=O)Nc1ccc(NC(=O)C2CCCN(c3nc(C)nc4oc(C)c(C)c34)C2)cc1. The topological polar surface area (TPSA) is 100 Å². The fraction of sp³-hybridized carbons (Fsp3) is 0.391. The number of hydrogen-bond acceptors (Lipinski definition) is 6. The second-order valence-electron chi connectivity index (χ2n) is 8.09. The highest BCUT2D eigenvalue weighted by Crippen LogP contribution is 2.33. The lowest BCUT2D eigenvalue weighted by Crippen LogP contribution is -2.41. The van der Waals surface area contributed by atoms with Gasteiger partial charge in [-0.2, -0.15) is 4.98 Å². The van der Waals surface area contributed by atoms with Gasteiger partial charge in [0.25, 0.3) is 0 Å². The van der Waals surface area contributed by atoms with Crippen LogP contribution in [0.4, 0.5) is 17.2 Å². The van der Waals surface area contributed by atoms with E-state index in [2.05, 4.69) is 20.5 Å². The van der Waals surface area contributed by atoms with Crippen molar-refractivity contribution in [2.75, 3.05) is 28.6 Å². The van der Waals surface area contributed by atoms with E-state index in [-0.39, 0.29) is 17.7 Å². The summed E-state index contributed by atoms with van der Waals surface area (Å²) in [4.78, 5) is 35.4. The monoisotopic (exact) mass is 421 g/mol. The van der Waals surface area contributed by atoms with Gasteiger partial charge in [-0.05, 0) is 57.9 Å². The molecule has 0 bridgehead atoms. The highest BCUT2D eigenvalue weighted by atomic mass is 16.3. The minimum atomic E-state index is -0.151. The van der Waals surface area contributed by atoms with Crippen molar-refractivity contribution in [3.63, 3.8) is 0 Å². The summed E-state index contributed by atoms with van der Waals surface area (Å²) >= 11 is 0. The smallest absolute Gasteiger partial charge is 0.231 e. The van der Waals surface area contributed by atoms with E-state index in [0.717, 1.165) is 41.9 Å². The normalized spacial score (nSPS) is 16.4. The standard InChI is InChI=1S/C23H27N5O3/c1-13-14(2)31-23-20(13)21(24-15(3)25-23)28-11-5-6-17(12-28)22(30)27-19-9-7-18(8-10-19)26-16(4)29/h7-10,17H,5-6,11-12H2,1-4H3,(H,26,29)(H,27,30). The molecule has 8 nitrogen and oxygen atoms in total. The van der Waals surface area contributed by atoms with Crippen LogP contribution in [0.2, 0.25) is 0 Å². The maximum atomic E-state index is 12.9. The zero-order chi connectivity index (χ0) is 22.1. The van der Waals surface area contributed by atoms with E-state index in [0.29, 0.717) is 29.5 Å². The number of rotatable bonds is 4. The van der Waals surface area contributed by atoms with Crippen molar-refractivity contribution in [3.05, 3.63) is 41.4 Å². The highest BCUT2D eigenvalue weighted by molar-refractivity contribution is 5.95. The van der Waals surface area contributed by atoms with Crippen LogP contribution in [0.5, 0.6) is 0 Å². The van der Waals surface area contributed by atoms with Gasteiger partial charge in [0.05, 0.1) is 11.3 Å². The molecule has 1 fully saturated rings. The van der Waals surface area contributed by atoms with Gasteiger partial charge in [0.15, 0.2) is 0 Å². The van der Waals surface area contributed by atoms with Gasteiger partial charge in [0.2, 0.25) is 17.5 Å². The van der Waals surface area contributed by atoms with Gasteiger partial charge in [0, 0.05) is 37.0 Å². The Bertz CT molecular complexity index is 1140. The first-order valence-corrected chi connectivity index (χ1v) is 10.5. The van der Waals surface area contributed by atoms with Gasteiger partial charge >= 0.3 is 0 Å². The Hall–Kier alpha value is -3.42. The summed E-state index contributed by atoms with van der Waals surface area (Å²) in [6.45, 7) is 8.69. The van der Waals surface area contributed by atoms with E-state index in [1.54, 1.807) is 24.3 Å². The van der Waals surface area contributed by atoms with Crippen LogP contribution in [0.15, 0.2) is 28.7 Å². The van der Waals surface area contributed by atoms with Crippen molar-refractivity contribution in [1.82, 2.24) is 9.97 Å². The number of carbonyl (C=O) groups excluding carboxylic acids is 2.